The molecule has 4 N–H and O–H groups in total. The molecule has 4 aliphatic rings. The molecule has 4 saturated heterocycles. The van der Waals surface area contributed by atoms with Crippen molar-refractivity contribution in [2.45, 2.75) is 193 Å². The number of fused-ring (bicyclic) bond motifs is 3. The number of hydrogen-bond acceptors (Lipinski definition) is 12. The van der Waals surface area contributed by atoms with Gasteiger partial charge in [-0.1, -0.05) is 28.2 Å². The minimum atomic E-state index is -1.69. The van der Waals surface area contributed by atoms with Crippen molar-refractivity contribution < 1.29 is 43.8 Å². The lowest BCUT2D eigenvalue weighted by Crippen LogP contribution is -2.62. The highest BCUT2D eigenvalue weighted by Gasteiger charge is 2.58. The zero-order valence-corrected chi connectivity index (χ0v) is 33.3. The Kier molecular flexibility index (Phi) is 14.7. The number of ether oxygens (including phenoxy) is 5. The number of rotatable bonds is 4. The van der Waals surface area contributed by atoms with Crippen molar-refractivity contribution in [2.24, 2.45) is 17.8 Å². The Balaban J connectivity index is 0.00000702. The molecule has 4 aliphatic heterocycles. The molecule has 0 amide bonds. The first-order valence-electron chi connectivity index (χ1n) is 19.2. The largest absolute Gasteiger partial charge is 0.459 e. The van der Waals surface area contributed by atoms with Crippen LogP contribution in [0.5, 0.6) is 0 Å². The molecule has 0 unspecified atom stereocenters. The van der Waals surface area contributed by atoms with Gasteiger partial charge in [-0.25, -0.2) is 0 Å². The lowest BCUT2D eigenvalue weighted by molar-refractivity contribution is -0.329. The Morgan fingerprint density at radius 1 is 1.08 bits per heavy atom. The molecule has 4 rings (SSSR count). The van der Waals surface area contributed by atoms with E-state index in [-0.39, 0.29) is 31.0 Å². The number of aliphatic hydroxyl groups excluding tert-OH is 2. The van der Waals surface area contributed by atoms with Crippen molar-refractivity contribution in [3.63, 3.8) is 0 Å². The van der Waals surface area contributed by atoms with Gasteiger partial charge in [-0.05, 0) is 94.7 Å². The SMILES string of the molecule is C.CC[C@H]1OC(=O)[C@H](C)[C@H]2OC3(CCNCC3)O[C@@](C)(C[C@@H](C)CN(C)[C@H](C)[C@@H](O)[C@]1(C)O)[C@H](O[C@@H]1O[C@H](C)C[C@H](N(C)C(C)(C)C)[C@H]1O)[C@H]2C. The summed E-state index contributed by atoms with van der Waals surface area (Å²) in [6, 6.07) is -0.640. The number of likely N-dealkylation sites (N-methyl/N-ethyl adjacent to an activating group) is 2. The maximum atomic E-state index is 14.1. The summed E-state index contributed by atoms with van der Waals surface area (Å²) < 4.78 is 33.9. The van der Waals surface area contributed by atoms with E-state index in [4.69, 9.17) is 23.7 Å². The van der Waals surface area contributed by atoms with Gasteiger partial charge < -0.3 is 49.2 Å². The first-order valence-corrected chi connectivity index (χ1v) is 19.2. The van der Waals surface area contributed by atoms with E-state index in [1.807, 2.05) is 46.7 Å². The summed E-state index contributed by atoms with van der Waals surface area (Å²) in [7, 11) is 3.97. The molecule has 14 atom stereocenters. The molecule has 4 fully saturated rings. The highest BCUT2D eigenvalue weighted by atomic mass is 16.7. The summed E-state index contributed by atoms with van der Waals surface area (Å²) in [5.74, 6) is -2.62. The maximum Gasteiger partial charge on any atom is 0.311 e. The Morgan fingerprint density at radius 3 is 2.25 bits per heavy atom. The number of hydrogen-bond donors (Lipinski definition) is 4. The summed E-state index contributed by atoms with van der Waals surface area (Å²) in [5, 5.41) is 38.5. The minimum Gasteiger partial charge on any atom is -0.459 e. The third kappa shape index (κ3) is 9.48. The van der Waals surface area contributed by atoms with Crippen LogP contribution in [-0.2, 0) is 28.5 Å². The molecular weight excluding hydrogens is 654 g/mol. The molecule has 0 radical (unpaired) electrons. The quantitative estimate of drug-likeness (QED) is 0.312. The summed E-state index contributed by atoms with van der Waals surface area (Å²) in [6.07, 6.45) is -2.79. The molecule has 4 heterocycles. The number of esters is 1. The summed E-state index contributed by atoms with van der Waals surface area (Å²) in [4.78, 5) is 18.4. The van der Waals surface area contributed by atoms with Crippen LogP contribution in [-0.4, -0.2) is 142 Å². The molecule has 51 heavy (non-hydrogen) atoms. The first kappa shape index (κ1) is 44.5. The van der Waals surface area contributed by atoms with Crippen molar-refractivity contribution >= 4 is 5.97 Å². The first-order chi connectivity index (χ1) is 23.1. The fourth-order valence-electron chi connectivity index (χ4n) is 9.10. The van der Waals surface area contributed by atoms with E-state index in [0.29, 0.717) is 51.7 Å². The summed E-state index contributed by atoms with van der Waals surface area (Å²) in [5.41, 5.74) is -2.81. The van der Waals surface area contributed by atoms with Crippen molar-refractivity contribution in [1.82, 2.24) is 15.1 Å². The van der Waals surface area contributed by atoms with E-state index in [1.165, 1.54) is 0 Å². The zero-order valence-electron chi connectivity index (χ0n) is 33.3. The van der Waals surface area contributed by atoms with E-state index in [2.05, 4.69) is 44.8 Å². The second-order valence-electron chi connectivity index (χ2n) is 17.7. The van der Waals surface area contributed by atoms with Gasteiger partial charge >= 0.3 is 5.97 Å². The number of carbonyl (C=O) groups is 1. The Labute approximate surface area is 309 Å². The van der Waals surface area contributed by atoms with Gasteiger partial charge in [-0.3, -0.25) is 9.69 Å². The molecule has 0 aromatic carbocycles. The Hall–Kier alpha value is -0.930. The Bertz CT molecular complexity index is 1130. The van der Waals surface area contributed by atoms with Crippen LogP contribution < -0.4 is 5.32 Å². The van der Waals surface area contributed by atoms with Crippen LogP contribution in [0.3, 0.4) is 0 Å². The van der Waals surface area contributed by atoms with E-state index in [0.717, 1.165) is 0 Å². The fourth-order valence-corrected chi connectivity index (χ4v) is 9.10. The third-order valence-corrected chi connectivity index (χ3v) is 12.4. The second kappa shape index (κ2) is 16.8. The van der Waals surface area contributed by atoms with Gasteiger partial charge in [0.05, 0.1) is 29.8 Å². The molecule has 300 valence electrons. The molecule has 1 spiro atoms. The van der Waals surface area contributed by atoms with Crippen molar-refractivity contribution in [3.05, 3.63) is 0 Å². The molecule has 12 heteroatoms. The Morgan fingerprint density at radius 2 is 1.69 bits per heavy atom. The topological polar surface area (TPSA) is 142 Å². The van der Waals surface area contributed by atoms with Crippen molar-refractivity contribution in [2.75, 3.05) is 33.7 Å². The van der Waals surface area contributed by atoms with Crippen LogP contribution in [0, 0.1) is 17.8 Å². The van der Waals surface area contributed by atoms with E-state index >= 15 is 0 Å². The fraction of sp³-hybridized carbons (Fsp3) is 0.974. The number of aliphatic hydroxyl groups is 3. The molecule has 12 nitrogen and oxygen atoms in total. The predicted octanol–water partition coefficient (Wildman–Crippen LogP) is 3.92. The zero-order chi connectivity index (χ0) is 37.6. The highest BCUT2D eigenvalue weighted by molar-refractivity contribution is 5.73. The average Bonchev–Trinajstić information content (AvgIpc) is 3.10. The molecule has 0 aliphatic carbocycles. The van der Waals surface area contributed by atoms with E-state index in [1.54, 1.807) is 13.8 Å². The molecule has 2 bridgehead atoms. The second-order valence-corrected chi connectivity index (χ2v) is 17.7. The lowest BCUT2D eigenvalue weighted by atomic mass is 9.78. The normalized spacial score (nSPS) is 45.0. The number of cyclic esters (lactones) is 1. The standard InChI is InChI=1S/C38H71N3O9.CH4/c1-14-28-37(11,45)31(43)26(6)40(12)21-22(2)20-36(10)32(48-34-29(42)27(19-23(3)46-34)41(13)35(7,8)9)24(4)30(25(5)33(44)47-28)49-38(50-36)15-17-39-18-16-38;/h22-32,34,39,42-43,45H,14-21H2,1-13H3;1H4/t22-,23-,24+,25-,26-,27+,28-,29-,30+,31-,32-,34+,36+,37-;/m1./s1. The third-order valence-electron chi connectivity index (χ3n) is 12.4. The monoisotopic (exact) mass is 730 g/mol. The van der Waals surface area contributed by atoms with Gasteiger partial charge in [-0.15, -0.1) is 0 Å². The van der Waals surface area contributed by atoms with Gasteiger partial charge in [0, 0.05) is 56.0 Å². The van der Waals surface area contributed by atoms with Crippen LogP contribution in [0.25, 0.3) is 0 Å². The smallest absolute Gasteiger partial charge is 0.311 e. The van der Waals surface area contributed by atoms with Crippen molar-refractivity contribution in [1.29, 1.82) is 0 Å². The van der Waals surface area contributed by atoms with E-state index in [9.17, 15) is 20.1 Å². The summed E-state index contributed by atoms with van der Waals surface area (Å²) >= 11 is 0. The number of nitrogens with one attached hydrogen (secondary N) is 1. The van der Waals surface area contributed by atoms with Gasteiger partial charge in [0.15, 0.2) is 12.1 Å². The molecule has 0 aromatic heterocycles. The minimum absolute atomic E-state index is 0. The van der Waals surface area contributed by atoms with Gasteiger partial charge in [0.1, 0.15) is 23.9 Å². The van der Waals surface area contributed by atoms with Gasteiger partial charge in [0.25, 0.3) is 0 Å². The van der Waals surface area contributed by atoms with Crippen LogP contribution in [0.1, 0.15) is 116 Å². The number of piperidine rings is 1. The number of carbonyl (C=O) groups excluding carboxylic acids is 1. The van der Waals surface area contributed by atoms with Crippen LogP contribution in [0.4, 0.5) is 0 Å². The van der Waals surface area contributed by atoms with E-state index < -0.39 is 77.6 Å². The molecule has 0 aromatic rings. The highest BCUT2D eigenvalue weighted by Crippen LogP contribution is 2.47. The lowest BCUT2D eigenvalue weighted by Gasteiger charge is -2.50. The maximum absolute atomic E-state index is 14.1. The van der Waals surface area contributed by atoms with Crippen LogP contribution in [0.15, 0.2) is 0 Å². The van der Waals surface area contributed by atoms with Crippen molar-refractivity contribution in [3.8, 4) is 0 Å². The molecular formula is C39H75N3O9. The average molecular weight is 730 g/mol. The predicted molar refractivity (Wildman–Crippen MR) is 198 cm³/mol. The molecule has 0 saturated carbocycles. The van der Waals surface area contributed by atoms with Crippen LogP contribution in [0.2, 0.25) is 0 Å². The van der Waals surface area contributed by atoms with Crippen LogP contribution >= 0.6 is 0 Å². The van der Waals surface area contributed by atoms with Gasteiger partial charge in [0.2, 0.25) is 0 Å². The number of nitrogens with zero attached hydrogens (tertiary/aromatic N) is 2. The summed E-state index contributed by atoms with van der Waals surface area (Å²) in [6.45, 7) is 23.7. The van der Waals surface area contributed by atoms with Gasteiger partial charge in [-0.2, -0.15) is 0 Å².